The zero-order chi connectivity index (χ0) is 20.1. The van der Waals surface area contributed by atoms with Crippen LogP contribution in [0, 0.1) is 16.0 Å². The SMILES string of the molecule is C[C@H]1CCCN(CCNc2ccc([N+](=O)[O-])cc2S(=O)(=O)N2CCOCC2)C1. The number of nitro benzene ring substituents is 1. The van der Waals surface area contributed by atoms with Crippen LogP contribution in [0.15, 0.2) is 23.1 Å². The van der Waals surface area contributed by atoms with Gasteiger partial charge in [-0.3, -0.25) is 10.1 Å². The topological polar surface area (TPSA) is 105 Å². The lowest BCUT2D eigenvalue weighted by Crippen LogP contribution is -2.41. The van der Waals surface area contributed by atoms with Crippen LogP contribution in [-0.2, 0) is 14.8 Å². The lowest BCUT2D eigenvalue weighted by atomic mass is 10.0. The molecular formula is C18H28N4O5S. The summed E-state index contributed by atoms with van der Waals surface area (Å²) >= 11 is 0. The lowest BCUT2D eigenvalue weighted by molar-refractivity contribution is -0.385. The minimum Gasteiger partial charge on any atom is -0.383 e. The fraction of sp³-hybridized carbons (Fsp3) is 0.667. The first-order valence-electron chi connectivity index (χ1n) is 9.70. The Kier molecular flexibility index (Phi) is 6.86. The van der Waals surface area contributed by atoms with E-state index in [1.54, 1.807) is 0 Å². The van der Waals surface area contributed by atoms with Crippen molar-refractivity contribution in [1.29, 1.82) is 0 Å². The van der Waals surface area contributed by atoms with Crippen molar-refractivity contribution in [3.8, 4) is 0 Å². The van der Waals surface area contributed by atoms with E-state index in [9.17, 15) is 18.5 Å². The first-order valence-corrected chi connectivity index (χ1v) is 11.1. The van der Waals surface area contributed by atoms with Gasteiger partial charge in [0.2, 0.25) is 10.0 Å². The van der Waals surface area contributed by atoms with Crippen LogP contribution in [0.5, 0.6) is 0 Å². The standard InChI is InChI=1S/C18H28N4O5S/c1-15-3-2-7-20(14-15)8-6-19-17-5-4-16(22(23)24)13-18(17)28(25,26)21-9-11-27-12-10-21/h4-5,13,15,19H,2-3,6-12,14H2,1H3/t15-/m0/s1. The number of benzene rings is 1. The molecule has 0 radical (unpaired) electrons. The quantitative estimate of drug-likeness (QED) is 0.537. The summed E-state index contributed by atoms with van der Waals surface area (Å²) in [6.45, 7) is 6.85. The highest BCUT2D eigenvalue weighted by molar-refractivity contribution is 7.89. The van der Waals surface area contributed by atoms with Crippen molar-refractivity contribution in [2.24, 2.45) is 5.92 Å². The molecule has 9 nitrogen and oxygen atoms in total. The monoisotopic (exact) mass is 412 g/mol. The zero-order valence-electron chi connectivity index (χ0n) is 16.2. The number of nitrogens with zero attached hydrogens (tertiary/aromatic N) is 3. The summed E-state index contributed by atoms with van der Waals surface area (Å²) in [5, 5.41) is 14.4. The second-order valence-corrected chi connectivity index (χ2v) is 9.34. The number of nitro groups is 1. The van der Waals surface area contributed by atoms with Gasteiger partial charge in [-0.05, 0) is 31.4 Å². The third kappa shape index (κ3) is 4.99. The van der Waals surface area contributed by atoms with Crippen LogP contribution >= 0.6 is 0 Å². The number of hydrogen-bond donors (Lipinski definition) is 1. The highest BCUT2D eigenvalue weighted by atomic mass is 32.2. The summed E-state index contributed by atoms with van der Waals surface area (Å²) in [5.41, 5.74) is 0.171. The van der Waals surface area contributed by atoms with Crippen LogP contribution in [0.25, 0.3) is 0 Å². The van der Waals surface area contributed by atoms with E-state index in [1.165, 1.54) is 29.3 Å². The fourth-order valence-electron chi connectivity index (χ4n) is 3.75. The van der Waals surface area contributed by atoms with Gasteiger partial charge >= 0.3 is 0 Å². The van der Waals surface area contributed by atoms with E-state index in [1.807, 2.05) is 0 Å². The van der Waals surface area contributed by atoms with Gasteiger partial charge in [-0.1, -0.05) is 6.92 Å². The van der Waals surface area contributed by atoms with Crippen LogP contribution in [0.4, 0.5) is 11.4 Å². The normalized spacial score (nSPS) is 22.1. The maximum Gasteiger partial charge on any atom is 0.270 e. The Hall–Kier alpha value is -1.75. The van der Waals surface area contributed by atoms with Crippen molar-refractivity contribution < 1.29 is 18.1 Å². The number of anilines is 1. The molecule has 0 bridgehead atoms. The molecule has 10 heteroatoms. The van der Waals surface area contributed by atoms with E-state index < -0.39 is 14.9 Å². The Morgan fingerprint density at radius 1 is 1.29 bits per heavy atom. The average molecular weight is 413 g/mol. The van der Waals surface area contributed by atoms with Gasteiger partial charge in [-0.15, -0.1) is 0 Å². The van der Waals surface area contributed by atoms with Gasteiger partial charge < -0.3 is 15.0 Å². The number of nitrogens with one attached hydrogen (secondary N) is 1. The highest BCUT2D eigenvalue weighted by Crippen LogP contribution is 2.29. The minimum absolute atomic E-state index is 0.0457. The molecule has 1 atom stereocenters. The van der Waals surface area contributed by atoms with Crippen molar-refractivity contribution in [2.45, 2.75) is 24.7 Å². The molecule has 28 heavy (non-hydrogen) atoms. The first kappa shape index (κ1) is 21.0. The number of non-ortho nitro benzene ring substituents is 1. The number of rotatable bonds is 7. The van der Waals surface area contributed by atoms with E-state index in [-0.39, 0.29) is 23.7 Å². The molecular weight excluding hydrogens is 384 g/mol. The molecule has 0 aromatic heterocycles. The molecule has 3 rings (SSSR count). The molecule has 2 heterocycles. The molecule has 2 fully saturated rings. The molecule has 0 amide bonds. The van der Waals surface area contributed by atoms with Crippen molar-refractivity contribution in [1.82, 2.24) is 9.21 Å². The van der Waals surface area contributed by atoms with E-state index in [4.69, 9.17) is 4.74 Å². The zero-order valence-corrected chi connectivity index (χ0v) is 17.0. The van der Waals surface area contributed by atoms with E-state index >= 15 is 0 Å². The average Bonchev–Trinajstić information content (AvgIpc) is 2.68. The van der Waals surface area contributed by atoms with Crippen molar-refractivity contribution in [3.63, 3.8) is 0 Å². The number of likely N-dealkylation sites (tertiary alicyclic amines) is 1. The molecule has 1 aromatic rings. The van der Waals surface area contributed by atoms with E-state index in [0.717, 1.165) is 25.7 Å². The molecule has 0 aliphatic carbocycles. The molecule has 0 saturated carbocycles. The van der Waals surface area contributed by atoms with Crippen LogP contribution in [0.3, 0.4) is 0 Å². The Labute approximate surface area is 165 Å². The molecule has 1 aromatic carbocycles. The third-order valence-electron chi connectivity index (χ3n) is 5.25. The molecule has 156 valence electrons. The molecule has 0 spiro atoms. The second kappa shape index (κ2) is 9.17. The number of hydrogen-bond acceptors (Lipinski definition) is 7. The Bertz CT molecular complexity index is 795. The van der Waals surface area contributed by atoms with Crippen molar-refractivity contribution in [3.05, 3.63) is 28.3 Å². The Morgan fingerprint density at radius 2 is 2.04 bits per heavy atom. The van der Waals surface area contributed by atoms with E-state index in [2.05, 4.69) is 17.1 Å². The summed E-state index contributed by atoms with van der Waals surface area (Å²) in [5.74, 6) is 0.672. The van der Waals surface area contributed by atoms with Gasteiger partial charge in [0.15, 0.2) is 0 Å². The lowest BCUT2D eigenvalue weighted by Gasteiger charge is -2.31. The van der Waals surface area contributed by atoms with E-state index in [0.29, 0.717) is 31.4 Å². The van der Waals surface area contributed by atoms with Gasteiger partial charge in [0.05, 0.1) is 23.8 Å². The largest absolute Gasteiger partial charge is 0.383 e. The number of ether oxygens (including phenoxy) is 1. The van der Waals surface area contributed by atoms with Crippen molar-refractivity contribution >= 4 is 21.4 Å². The predicted molar refractivity (Wildman–Crippen MR) is 106 cm³/mol. The number of sulfonamides is 1. The molecule has 2 aliphatic rings. The highest BCUT2D eigenvalue weighted by Gasteiger charge is 2.30. The number of piperidine rings is 1. The summed E-state index contributed by atoms with van der Waals surface area (Å²) in [7, 11) is -3.84. The second-order valence-electron chi connectivity index (χ2n) is 7.43. The third-order valence-corrected chi connectivity index (χ3v) is 7.19. The van der Waals surface area contributed by atoms with Crippen LogP contribution in [0.2, 0.25) is 0 Å². The molecule has 0 unspecified atom stereocenters. The maximum atomic E-state index is 13.1. The molecule has 2 aliphatic heterocycles. The van der Waals surface area contributed by atoms with Crippen LogP contribution < -0.4 is 5.32 Å². The van der Waals surface area contributed by atoms with Gasteiger partial charge in [-0.25, -0.2) is 8.42 Å². The summed E-state index contributed by atoms with van der Waals surface area (Å²) in [6.07, 6.45) is 2.42. The van der Waals surface area contributed by atoms with Crippen molar-refractivity contribution in [2.75, 3.05) is 57.8 Å². The summed E-state index contributed by atoms with van der Waals surface area (Å²) < 4.78 is 32.7. The van der Waals surface area contributed by atoms with Gasteiger partial charge in [-0.2, -0.15) is 4.31 Å². The summed E-state index contributed by atoms with van der Waals surface area (Å²) in [4.78, 5) is 12.9. The van der Waals surface area contributed by atoms with Gasteiger partial charge in [0.25, 0.3) is 5.69 Å². The predicted octanol–water partition coefficient (Wildman–Crippen LogP) is 1.76. The van der Waals surface area contributed by atoms with Crippen LogP contribution in [0.1, 0.15) is 19.8 Å². The van der Waals surface area contributed by atoms with Gasteiger partial charge in [0, 0.05) is 44.9 Å². The smallest absolute Gasteiger partial charge is 0.270 e. The maximum absolute atomic E-state index is 13.1. The summed E-state index contributed by atoms with van der Waals surface area (Å²) in [6, 6.07) is 3.98. The molecule has 1 N–H and O–H groups in total. The van der Waals surface area contributed by atoms with Crippen LogP contribution in [-0.4, -0.2) is 75.0 Å². The minimum atomic E-state index is -3.84. The fourth-order valence-corrected chi connectivity index (χ4v) is 5.34. The molecule has 2 saturated heterocycles. The Balaban J connectivity index is 1.77. The Morgan fingerprint density at radius 3 is 2.71 bits per heavy atom. The number of morpholine rings is 1. The van der Waals surface area contributed by atoms with Gasteiger partial charge in [0.1, 0.15) is 4.90 Å². The first-order chi connectivity index (χ1) is 13.4.